The van der Waals surface area contributed by atoms with E-state index < -0.39 is 11.6 Å². The number of carbonyl (C=O) groups excluding carboxylic acids is 1. The fourth-order valence-corrected chi connectivity index (χ4v) is 4.92. The molecule has 29 heavy (non-hydrogen) atoms. The van der Waals surface area contributed by atoms with Gasteiger partial charge in [0.05, 0.1) is 5.56 Å². The molecule has 3 nitrogen and oxygen atoms in total. The predicted molar refractivity (Wildman–Crippen MR) is 114 cm³/mol. The maximum absolute atomic E-state index is 14.4. The van der Waals surface area contributed by atoms with Crippen molar-refractivity contribution in [3.8, 4) is 11.1 Å². The maximum atomic E-state index is 14.4. The molecular formula is C23H26F2N2OS. The Morgan fingerprint density at radius 2 is 1.93 bits per heavy atom. The van der Waals surface area contributed by atoms with Crippen LogP contribution in [0, 0.1) is 17.6 Å². The number of halogens is 2. The number of hydrogen-bond donors (Lipinski definition) is 1. The van der Waals surface area contributed by atoms with E-state index in [1.807, 2.05) is 17.0 Å². The zero-order valence-electron chi connectivity index (χ0n) is 16.5. The second-order valence-corrected chi connectivity index (χ2v) is 8.91. The summed E-state index contributed by atoms with van der Waals surface area (Å²) in [5, 5.41) is 0. The lowest BCUT2D eigenvalue weighted by atomic mass is 9.95. The number of hydrogen-bond acceptors (Lipinski definition) is 3. The van der Waals surface area contributed by atoms with Gasteiger partial charge in [-0.2, -0.15) is 0 Å². The molecule has 0 spiro atoms. The molecule has 0 radical (unpaired) electrons. The normalized spacial score (nSPS) is 23.8. The molecule has 1 aliphatic carbocycles. The molecule has 2 aliphatic rings. The molecule has 1 saturated heterocycles. The SMILES string of the molecule is CCSNC1CCCN(C(=O)C2CC2c2ccccc2-c2c(F)cccc2F)C1. The van der Waals surface area contributed by atoms with Crippen molar-refractivity contribution < 1.29 is 13.6 Å². The van der Waals surface area contributed by atoms with Crippen molar-refractivity contribution in [2.75, 3.05) is 18.8 Å². The molecule has 3 unspecified atom stereocenters. The van der Waals surface area contributed by atoms with Crippen LogP contribution < -0.4 is 4.72 Å². The summed E-state index contributed by atoms with van der Waals surface area (Å²) in [5.41, 5.74) is 1.42. The Bertz CT molecular complexity index is 871. The van der Waals surface area contributed by atoms with E-state index >= 15 is 0 Å². The van der Waals surface area contributed by atoms with Crippen LogP contribution in [0.3, 0.4) is 0 Å². The molecule has 6 heteroatoms. The van der Waals surface area contributed by atoms with Gasteiger partial charge in [0.1, 0.15) is 11.6 Å². The first-order valence-corrected chi connectivity index (χ1v) is 11.3. The summed E-state index contributed by atoms with van der Waals surface area (Å²) in [6, 6.07) is 11.6. The molecule has 1 saturated carbocycles. The molecule has 0 aromatic heterocycles. The van der Waals surface area contributed by atoms with Crippen molar-refractivity contribution in [2.24, 2.45) is 5.92 Å². The van der Waals surface area contributed by atoms with Gasteiger partial charge in [0, 0.05) is 30.8 Å². The summed E-state index contributed by atoms with van der Waals surface area (Å²) in [7, 11) is 0. The second kappa shape index (κ2) is 8.84. The van der Waals surface area contributed by atoms with Crippen molar-refractivity contribution in [2.45, 2.75) is 38.1 Å². The van der Waals surface area contributed by atoms with Crippen molar-refractivity contribution in [3.63, 3.8) is 0 Å². The first kappa shape index (κ1) is 20.4. The number of amides is 1. The van der Waals surface area contributed by atoms with Crippen molar-refractivity contribution in [1.82, 2.24) is 9.62 Å². The molecule has 4 rings (SSSR count). The highest BCUT2D eigenvalue weighted by molar-refractivity contribution is 7.97. The first-order chi connectivity index (χ1) is 14.1. The Kier molecular flexibility index (Phi) is 6.20. The van der Waals surface area contributed by atoms with Crippen LogP contribution >= 0.6 is 11.9 Å². The molecule has 1 heterocycles. The highest BCUT2D eigenvalue weighted by Crippen LogP contribution is 2.51. The maximum Gasteiger partial charge on any atom is 0.226 e. The van der Waals surface area contributed by atoms with E-state index in [1.54, 1.807) is 24.1 Å². The first-order valence-electron chi connectivity index (χ1n) is 10.3. The van der Waals surface area contributed by atoms with E-state index in [1.165, 1.54) is 18.2 Å². The van der Waals surface area contributed by atoms with Gasteiger partial charge in [0.2, 0.25) is 5.91 Å². The van der Waals surface area contributed by atoms with Crippen LogP contribution in [0.2, 0.25) is 0 Å². The number of nitrogens with zero attached hydrogens (tertiary/aromatic N) is 1. The fraction of sp³-hybridized carbons (Fsp3) is 0.435. The van der Waals surface area contributed by atoms with E-state index in [2.05, 4.69) is 11.6 Å². The summed E-state index contributed by atoms with van der Waals surface area (Å²) < 4.78 is 32.2. The largest absolute Gasteiger partial charge is 0.341 e. The standard InChI is InChI=1S/C23H26F2N2OS/c1-2-29-26-15-7-6-12-27(14-15)23(28)19-13-18(19)16-8-3-4-9-17(16)22-20(24)10-5-11-21(22)25/h3-5,8-11,15,18-19,26H,2,6-7,12-14H2,1H3. The van der Waals surface area contributed by atoms with Crippen LogP contribution in [0.15, 0.2) is 42.5 Å². The summed E-state index contributed by atoms with van der Waals surface area (Å²) in [6.45, 7) is 3.63. The van der Waals surface area contributed by atoms with Crippen LogP contribution in [0.25, 0.3) is 11.1 Å². The Labute approximate surface area is 175 Å². The van der Waals surface area contributed by atoms with E-state index in [-0.39, 0.29) is 23.3 Å². The third kappa shape index (κ3) is 4.33. The van der Waals surface area contributed by atoms with Crippen LogP contribution in [-0.4, -0.2) is 35.7 Å². The predicted octanol–water partition coefficient (Wildman–Crippen LogP) is 4.98. The summed E-state index contributed by atoms with van der Waals surface area (Å²) in [4.78, 5) is 15.1. The van der Waals surface area contributed by atoms with Crippen LogP contribution in [0.4, 0.5) is 8.78 Å². The molecule has 1 amide bonds. The minimum absolute atomic E-state index is 0.0000240. The van der Waals surface area contributed by atoms with E-state index in [9.17, 15) is 13.6 Å². The Morgan fingerprint density at radius 1 is 1.17 bits per heavy atom. The van der Waals surface area contributed by atoms with Crippen LogP contribution in [0.5, 0.6) is 0 Å². The van der Waals surface area contributed by atoms with Gasteiger partial charge in [-0.05, 0) is 48.4 Å². The summed E-state index contributed by atoms with van der Waals surface area (Å²) in [6.07, 6.45) is 2.83. The molecule has 1 N–H and O–H groups in total. The lowest BCUT2D eigenvalue weighted by Gasteiger charge is -2.33. The molecule has 2 fully saturated rings. The third-order valence-electron chi connectivity index (χ3n) is 5.83. The number of benzene rings is 2. The van der Waals surface area contributed by atoms with Gasteiger partial charge in [-0.3, -0.25) is 9.52 Å². The molecule has 1 aliphatic heterocycles. The number of rotatable bonds is 6. The van der Waals surface area contributed by atoms with E-state index in [0.29, 0.717) is 11.6 Å². The highest BCUT2D eigenvalue weighted by atomic mass is 32.2. The molecule has 2 aromatic carbocycles. The number of nitrogens with one attached hydrogen (secondary N) is 1. The molecule has 2 aromatic rings. The van der Waals surface area contributed by atoms with Crippen LogP contribution in [0.1, 0.15) is 37.7 Å². The Hall–Kier alpha value is -1.92. The lowest BCUT2D eigenvalue weighted by Crippen LogP contribution is -2.47. The molecule has 3 atom stereocenters. The topological polar surface area (TPSA) is 32.3 Å². The highest BCUT2D eigenvalue weighted by Gasteiger charge is 2.47. The molecule has 154 valence electrons. The minimum atomic E-state index is -0.570. The van der Waals surface area contributed by atoms with Gasteiger partial charge in [0.25, 0.3) is 0 Å². The quantitative estimate of drug-likeness (QED) is 0.674. The zero-order chi connectivity index (χ0) is 20.4. The minimum Gasteiger partial charge on any atom is -0.341 e. The number of carbonyl (C=O) groups is 1. The molecule has 0 bridgehead atoms. The summed E-state index contributed by atoms with van der Waals surface area (Å²) >= 11 is 1.69. The van der Waals surface area contributed by atoms with Gasteiger partial charge in [-0.25, -0.2) is 8.78 Å². The van der Waals surface area contributed by atoms with Gasteiger partial charge in [-0.1, -0.05) is 49.2 Å². The number of likely N-dealkylation sites (tertiary alicyclic amines) is 1. The third-order valence-corrected chi connectivity index (χ3v) is 6.62. The Morgan fingerprint density at radius 3 is 2.69 bits per heavy atom. The monoisotopic (exact) mass is 416 g/mol. The van der Waals surface area contributed by atoms with E-state index in [4.69, 9.17) is 0 Å². The van der Waals surface area contributed by atoms with Crippen molar-refractivity contribution >= 4 is 17.9 Å². The van der Waals surface area contributed by atoms with E-state index in [0.717, 1.165) is 43.7 Å². The summed E-state index contributed by atoms with van der Waals surface area (Å²) in [5.74, 6) is -0.0384. The second-order valence-electron chi connectivity index (χ2n) is 7.81. The average molecular weight is 417 g/mol. The number of piperidine rings is 1. The van der Waals surface area contributed by atoms with Crippen LogP contribution in [-0.2, 0) is 4.79 Å². The fourth-order valence-electron chi connectivity index (χ4n) is 4.32. The zero-order valence-corrected chi connectivity index (χ0v) is 17.4. The van der Waals surface area contributed by atoms with Crippen molar-refractivity contribution in [3.05, 3.63) is 59.7 Å². The van der Waals surface area contributed by atoms with Gasteiger partial charge < -0.3 is 4.90 Å². The van der Waals surface area contributed by atoms with Gasteiger partial charge in [0.15, 0.2) is 0 Å². The van der Waals surface area contributed by atoms with Crippen molar-refractivity contribution in [1.29, 1.82) is 0 Å². The molecular weight excluding hydrogens is 390 g/mol. The van der Waals surface area contributed by atoms with Gasteiger partial charge >= 0.3 is 0 Å². The smallest absolute Gasteiger partial charge is 0.226 e. The lowest BCUT2D eigenvalue weighted by molar-refractivity contribution is -0.133. The average Bonchev–Trinajstić information content (AvgIpc) is 3.53. The Balaban J connectivity index is 1.50. The van der Waals surface area contributed by atoms with Gasteiger partial charge in [-0.15, -0.1) is 0 Å².